The maximum atomic E-state index is 2.32. The molecule has 0 nitrogen and oxygen atoms in total. The van der Waals surface area contributed by atoms with E-state index in [1.165, 1.54) is 15.9 Å². The van der Waals surface area contributed by atoms with Crippen LogP contribution in [0.3, 0.4) is 0 Å². The van der Waals surface area contributed by atoms with Crippen LogP contribution >= 0.6 is 31.2 Å². The summed E-state index contributed by atoms with van der Waals surface area (Å²) in [5.41, 5.74) is 0. The molecule has 0 aliphatic rings. The van der Waals surface area contributed by atoms with Gasteiger partial charge in [0.25, 0.3) is 0 Å². The molecule has 3 aromatic carbocycles. The summed E-state index contributed by atoms with van der Waals surface area (Å²) in [4.78, 5) is 0. The molecule has 22 heavy (non-hydrogen) atoms. The second-order valence-corrected chi connectivity index (χ2v) is 8.93. The van der Waals surface area contributed by atoms with Gasteiger partial charge in [0, 0.05) is 0 Å². The topological polar surface area (TPSA) is 0 Å². The fraction of sp³-hybridized carbons (Fsp3) is 0.100. The zero-order valence-corrected chi connectivity index (χ0v) is 15.9. The van der Waals surface area contributed by atoms with Crippen LogP contribution in [0.5, 0.6) is 0 Å². The lowest BCUT2D eigenvalue weighted by atomic mass is 10.4. The number of halogens is 1. The highest BCUT2D eigenvalue weighted by Crippen LogP contribution is 2.54. The van der Waals surface area contributed by atoms with Crippen molar-refractivity contribution in [2.24, 2.45) is 0 Å². The Labute approximate surface area is 151 Å². The quantitative estimate of drug-likeness (QED) is 0.428. The highest BCUT2D eigenvalue weighted by Gasteiger charge is 2.31. The number of rotatable bonds is 4. The van der Waals surface area contributed by atoms with Gasteiger partial charge in [0.05, 0.1) is 0 Å². The number of hydrogen-bond acceptors (Lipinski definition) is 0. The van der Waals surface area contributed by atoms with Gasteiger partial charge in [-0.1, -0.05) is 97.9 Å². The molecule has 0 spiro atoms. The van der Waals surface area contributed by atoms with Gasteiger partial charge in [0.1, 0.15) is 0 Å². The van der Waals surface area contributed by atoms with Gasteiger partial charge in [-0.3, -0.25) is 0 Å². The molecule has 0 saturated carbocycles. The van der Waals surface area contributed by atoms with Gasteiger partial charge >= 0.3 is 0 Å². The van der Waals surface area contributed by atoms with Gasteiger partial charge < -0.3 is 0 Å². The first-order valence-electron chi connectivity index (χ1n) is 7.43. The van der Waals surface area contributed by atoms with Crippen molar-refractivity contribution < 1.29 is 0 Å². The highest BCUT2D eigenvalue weighted by molar-refractivity contribution is 14.0. The fourth-order valence-corrected chi connectivity index (χ4v) is 7.08. The average Bonchev–Trinajstić information content (AvgIpc) is 2.59. The van der Waals surface area contributed by atoms with Gasteiger partial charge in [-0.05, 0) is 29.3 Å². The monoisotopic (exact) mass is 419 g/mol. The Hall–Kier alpha value is -1.18. The van der Waals surface area contributed by atoms with Crippen LogP contribution in [0.2, 0.25) is 0 Å². The van der Waals surface area contributed by atoms with E-state index in [4.69, 9.17) is 0 Å². The minimum Gasteiger partial charge on any atom is -0.107 e. The summed E-state index contributed by atoms with van der Waals surface area (Å²) in [6, 6.07) is 33.0. The molecule has 0 saturated heterocycles. The summed E-state index contributed by atoms with van der Waals surface area (Å²) in [7, 11) is -1.53. The third kappa shape index (κ3) is 3.11. The Balaban J connectivity index is 0.00000176. The van der Waals surface area contributed by atoms with Crippen molar-refractivity contribution in [1.82, 2.24) is 0 Å². The van der Waals surface area contributed by atoms with E-state index < -0.39 is 7.26 Å². The SMILES string of the molecule is CC[P](c1ccccc1)(c1ccccc1)c1ccccc1.I. The molecule has 0 aliphatic carbocycles. The van der Waals surface area contributed by atoms with Gasteiger partial charge in [0.15, 0.2) is 0 Å². The molecule has 113 valence electrons. The Morgan fingerprint density at radius 3 is 1.05 bits per heavy atom. The van der Waals surface area contributed by atoms with Crippen LogP contribution in [0.1, 0.15) is 6.92 Å². The molecule has 0 unspecified atom stereocenters. The van der Waals surface area contributed by atoms with Crippen molar-refractivity contribution in [2.45, 2.75) is 6.92 Å². The summed E-state index contributed by atoms with van der Waals surface area (Å²) < 4.78 is 0. The molecule has 0 atom stereocenters. The minimum atomic E-state index is -1.53. The first-order chi connectivity index (χ1) is 10.4. The average molecular weight is 419 g/mol. The van der Waals surface area contributed by atoms with Crippen LogP contribution in [0.25, 0.3) is 0 Å². The van der Waals surface area contributed by atoms with Gasteiger partial charge in [-0.2, -0.15) is 0 Å². The summed E-state index contributed by atoms with van der Waals surface area (Å²) >= 11 is 0. The van der Waals surface area contributed by atoms with Crippen molar-refractivity contribution in [1.29, 1.82) is 0 Å². The zero-order chi connectivity index (χ0) is 14.5. The standard InChI is InChI=1S/C20H20P.HI/c1-2-21(18-12-6-3-7-13-18,19-14-8-4-9-15-19)20-16-10-5-11-17-20;/h3-17H,2H2,1H3;1H. The molecule has 3 aromatic rings. The Morgan fingerprint density at radius 1 is 0.545 bits per heavy atom. The molecule has 2 heteroatoms. The molecule has 3 rings (SSSR count). The molecular weight excluding hydrogens is 398 g/mol. The van der Waals surface area contributed by atoms with Gasteiger partial charge in [-0.25, -0.2) is 0 Å². The molecule has 0 aromatic heterocycles. The van der Waals surface area contributed by atoms with E-state index in [2.05, 4.69) is 97.9 Å². The van der Waals surface area contributed by atoms with Crippen LogP contribution < -0.4 is 15.9 Å². The van der Waals surface area contributed by atoms with Crippen molar-refractivity contribution in [3.8, 4) is 0 Å². The van der Waals surface area contributed by atoms with E-state index >= 15 is 0 Å². The van der Waals surface area contributed by atoms with E-state index in [1.54, 1.807) is 0 Å². The predicted molar refractivity (Wildman–Crippen MR) is 111 cm³/mol. The number of benzene rings is 3. The smallest absolute Gasteiger partial charge is 0.0197 e. The van der Waals surface area contributed by atoms with Crippen molar-refractivity contribution in [2.75, 3.05) is 6.16 Å². The molecule has 0 bridgehead atoms. The molecule has 0 aliphatic heterocycles. The van der Waals surface area contributed by atoms with Gasteiger partial charge in [-0.15, -0.1) is 24.0 Å². The molecule has 0 fully saturated rings. The minimum absolute atomic E-state index is 0. The van der Waals surface area contributed by atoms with Crippen molar-refractivity contribution in [3.05, 3.63) is 91.0 Å². The molecule has 0 N–H and O–H groups in total. The van der Waals surface area contributed by atoms with Crippen molar-refractivity contribution in [3.63, 3.8) is 0 Å². The first-order valence-corrected chi connectivity index (χ1v) is 9.40. The Bertz CT molecular complexity index is 584. The summed E-state index contributed by atoms with van der Waals surface area (Å²) in [5.74, 6) is 0. The van der Waals surface area contributed by atoms with E-state index in [0.717, 1.165) is 6.16 Å². The van der Waals surface area contributed by atoms with Crippen LogP contribution in [-0.2, 0) is 0 Å². The third-order valence-electron chi connectivity index (χ3n) is 4.07. The first kappa shape index (κ1) is 17.2. The van der Waals surface area contributed by atoms with Crippen LogP contribution in [0, 0.1) is 0 Å². The van der Waals surface area contributed by atoms with Gasteiger partial charge in [0.2, 0.25) is 0 Å². The maximum Gasteiger partial charge on any atom is -0.0197 e. The fourth-order valence-electron chi connectivity index (χ4n) is 3.04. The van der Waals surface area contributed by atoms with Crippen LogP contribution in [-0.4, -0.2) is 6.16 Å². The Kier molecular flexibility index (Phi) is 6.16. The van der Waals surface area contributed by atoms with E-state index in [9.17, 15) is 0 Å². The Morgan fingerprint density at radius 2 is 0.818 bits per heavy atom. The molecular formula is C20H21IP. The molecule has 0 amide bonds. The third-order valence-corrected chi connectivity index (χ3v) is 8.55. The largest absolute Gasteiger partial charge is 0.107 e. The zero-order valence-electron chi connectivity index (χ0n) is 12.7. The van der Waals surface area contributed by atoms with E-state index in [-0.39, 0.29) is 24.0 Å². The van der Waals surface area contributed by atoms with E-state index in [0.29, 0.717) is 0 Å². The normalized spacial score (nSPS) is 10.8. The van der Waals surface area contributed by atoms with Crippen LogP contribution in [0.4, 0.5) is 0 Å². The maximum absolute atomic E-state index is 2.32. The second-order valence-electron chi connectivity index (χ2n) is 5.13. The lowest BCUT2D eigenvalue weighted by molar-refractivity contribution is 1.48. The summed E-state index contributed by atoms with van der Waals surface area (Å²) in [6.07, 6.45) is 1.14. The van der Waals surface area contributed by atoms with E-state index in [1.807, 2.05) is 0 Å². The summed E-state index contributed by atoms with van der Waals surface area (Å²) in [6.45, 7) is 2.32. The number of hydrogen-bond donors (Lipinski definition) is 0. The highest BCUT2D eigenvalue weighted by atomic mass is 127. The lowest BCUT2D eigenvalue weighted by Gasteiger charge is -2.37. The molecule has 0 heterocycles. The van der Waals surface area contributed by atoms with Crippen LogP contribution in [0.15, 0.2) is 91.0 Å². The van der Waals surface area contributed by atoms with Crippen molar-refractivity contribution >= 4 is 47.2 Å². The molecule has 1 radical (unpaired) electrons. The second kappa shape index (κ2) is 7.89. The lowest BCUT2D eigenvalue weighted by Crippen LogP contribution is -2.32. The predicted octanol–water partition coefficient (Wildman–Crippen LogP) is 4.62. The summed E-state index contributed by atoms with van der Waals surface area (Å²) in [5, 5.41) is 4.39.